The van der Waals surface area contributed by atoms with Crippen LogP contribution in [0.3, 0.4) is 0 Å². The van der Waals surface area contributed by atoms with Crippen LogP contribution in [0.4, 0.5) is 0 Å². The van der Waals surface area contributed by atoms with E-state index >= 15 is 0 Å². The van der Waals surface area contributed by atoms with Crippen molar-refractivity contribution in [2.45, 2.75) is 6.92 Å². The first-order valence-corrected chi connectivity index (χ1v) is 8.93. The zero-order chi connectivity index (χ0) is 15.4. The fraction of sp³-hybridized carbons (Fsp3) is 0.0526. The first-order chi connectivity index (χ1) is 10.7. The summed E-state index contributed by atoms with van der Waals surface area (Å²) in [7, 11) is -2.82. The van der Waals surface area contributed by atoms with E-state index in [0.717, 1.165) is 16.4 Å². The van der Waals surface area contributed by atoms with Crippen LogP contribution in [0, 0.1) is 6.92 Å². The molecule has 110 valence electrons. The molecule has 0 radical (unpaired) electrons. The average molecular weight is 308 g/mol. The Hall–Kier alpha value is -2.31. The zero-order valence-electron chi connectivity index (χ0n) is 12.3. The highest BCUT2D eigenvalue weighted by Gasteiger charge is 2.23. The summed E-state index contributed by atoms with van der Waals surface area (Å²) in [6.07, 6.45) is 1.80. The molecule has 0 atom stereocenters. The van der Waals surface area contributed by atoms with Gasteiger partial charge in [0.05, 0.1) is 0 Å². The third-order valence-electron chi connectivity index (χ3n) is 3.49. The van der Waals surface area contributed by atoms with Crippen molar-refractivity contribution in [1.82, 2.24) is 0 Å². The Morgan fingerprint density at radius 3 is 1.82 bits per heavy atom. The molecule has 0 fully saturated rings. The van der Waals surface area contributed by atoms with E-state index in [-0.39, 0.29) is 0 Å². The highest BCUT2D eigenvalue weighted by molar-refractivity contribution is 7.81. The first kappa shape index (κ1) is 14.6. The maximum absolute atomic E-state index is 13.7. The van der Waals surface area contributed by atoms with Crippen LogP contribution in [-0.4, -0.2) is 0 Å². The number of benzene rings is 2. The maximum Gasteiger partial charge on any atom is 0.164 e. The lowest BCUT2D eigenvalue weighted by Gasteiger charge is -2.15. The molecule has 2 aromatic carbocycles. The zero-order valence-corrected chi connectivity index (χ0v) is 13.2. The van der Waals surface area contributed by atoms with Gasteiger partial charge in [-0.1, -0.05) is 60.7 Å². The van der Waals surface area contributed by atoms with Gasteiger partial charge in [-0.05, 0) is 30.9 Å². The lowest BCUT2D eigenvalue weighted by Crippen LogP contribution is -2.13. The molecule has 0 N–H and O–H groups in total. The Bertz CT molecular complexity index is 773. The second kappa shape index (κ2) is 6.21. The van der Waals surface area contributed by atoms with E-state index in [1.807, 2.05) is 79.7 Å². The highest BCUT2D eigenvalue weighted by Crippen LogP contribution is 2.45. The minimum atomic E-state index is -2.82. The van der Waals surface area contributed by atoms with E-state index in [0.29, 0.717) is 5.76 Å². The quantitative estimate of drug-likeness (QED) is 0.661. The second-order valence-corrected chi connectivity index (χ2v) is 7.74. The van der Waals surface area contributed by atoms with Crippen LogP contribution in [0.15, 0.2) is 83.0 Å². The molecule has 0 amide bonds. The second-order valence-electron chi connectivity index (χ2n) is 5.09. The van der Waals surface area contributed by atoms with Crippen molar-refractivity contribution in [1.29, 1.82) is 0 Å². The van der Waals surface area contributed by atoms with Crippen molar-refractivity contribution in [2.75, 3.05) is 0 Å². The molecule has 0 aliphatic carbocycles. The SMILES string of the molecule is Cc1ccc(/C=C/P(=O)(c2ccccc2)c2ccccc2)o1. The van der Waals surface area contributed by atoms with Crippen LogP contribution in [0.2, 0.25) is 0 Å². The largest absolute Gasteiger partial charge is 0.462 e. The van der Waals surface area contributed by atoms with Crippen molar-refractivity contribution >= 4 is 23.8 Å². The normalized spacial score (nSPS) is 11.9. The Morgan fingerprint density at radius 2 is 1.36 bits per heavy atom. The molecule has 3 heteroatoms. The fourth-order valence-electron chi connectivity index (χ4n) is 2.34. The Balaban J connectivity index is 2.08. The summed E-state index contributed by atoms with van der Waals surface area (Å²) in [6, 6.07) is 22.9. The van der Waals surface area contributed by atoms with Gasteiger partial charge in [-0.15, -0.1) is 0 Å². The van der Waals surface area contributed by atoms with Crippen molar-refractivity contribution in [3.63, 3.8) is 0 Å². The van der Waals surface area contributed by atoms with Gasteiger partial charge in [-0.2, -0.15) is 0 Å². The molecular formula is C19H17O2P. The summed E-state index contributed by atoms with van der Waals surface area (Å²) in [5.74, 6) is 3.33. The molecule has 1 aromatic heterocycles. The molecule has 2 nitrogen and oxygen atoms in total. The third kappa shape index (κ3) is 2.98. The smallest absolute Gasteiger partial charge is 0.164 e. The number of hydrogen-bond donors (Lipinski definition) is 0. The summed E-state index contributed by atoms with van der Waals surface area (Å²) < 4.78 is 19.2. The maximum atomic E-state index is 13.7. The Kier molecular flexibility index (Phi) is 4.13. The van der Waals surface area contributed by atoms with Gasteiger partial charge < -0.3 is 8.98 Å². The molecule has 3 rings (SSSR count). The molecule has 0 bridgehead atoms. The van der Waals surface area contributed by atoms with Crippen LogP contribution in [0.25, 0.3) is 6.08 Å². The van der Waals surface area contributed by atoms with Gasteiger partial charge in [-0.3, -0.25) is 0 Å². The molecular weight excluding hydrogens is 291 g/mol. The molecule has 0 saturated carbocycles. The number of furan rings is 1. The van der Waals surface area contributed by atoms with Crippen molar-refractivity contribution in [3.8, 4) is 0 Å². The minimum absolute atomic E-state index is 0.713. The molecule has 0 aliphatic rings. The first-order valence-electron chi connectivity index (χ1n) is 7.15. The van der Waals surface area contributed by atoms with Crippen molar-refractivity contribution in [2.24, 2.45) is 0 Å². The highest BCUT2D eigenvalue weighted by atomic mass is 31.2. The van der Waals surface area contributed by atoms with Gasteiger partial charge >= 0.3 is 0 Å². The summed E-state index contributed by atoms with van der Waals surface area (Å²) in [5, 5.41) is 1.64. The lowest BCUT2D eigenvalue weighted by atomic mass is 10.4. The molecule has 0 unspecified atom stereocenters. The predicted molar refractivity (Wildman–Crippen MR) is 92.2 cm³/mol. The van der Waals surface area contributed by atoms with E-state index in [2.05, 4.69) is 0 Å². The van der Waals surface area contributed by atoms with Gasteiger partial charge in [0.15, 0.2) is 7.14 Å². The van der Waals surface area contributed by atoms with Crippen LogP contribution >= 0.6 is 7.14 Å². The summed E-state index contributed by atoms with van der Waals surface area (Å²) in [5.41, 5.74) is 0. The van der Waals surface area contributed by atoms with Crippen LogP contribution < -0.4 is 10.6 Å². The standard InChI is InChI=1S/C19H17O2P/c1-16-12-13-17(21-16)14-15-22(20,18-8-4-2-5-9-18)19-10-6-3-7-11-19/h2-15H,1H3/b15-14+. The monoisotopic (exact) mass is 308 g/mol. The number of rotatable bonds is 4. The Labute approximate surface area is 130 Å². The summed E-state index contributed by atoms with van der Waals surface area (Å²) >= 11 is 0. The van der Waals surface area contributed by atoms with E-state index in [1.165, 1.54) is 0 Å². The number of aryl methyl sites for hydroxylation is 1. The van der Waals surface area contributed by atoms with Crippen LogP contribution in [-0.2, 0) is 4.57 Å². The topological polar surface area (TPSA) is 30.2 Å². The van der Waals surface area contributed by atoms with E-state index in [1.54, 1.807) is 11.9 Å². The van der Waals surface area contributed by atoms with Crippen molar-refractivity contribution in [3.05, 3.63) is 90.1 Å². The van der Waals surface area contributed by atoms with Gasteiger partial charge in [0.25, 0.3) is 0 Å². The molecule has 1 heterocycles. The Morgan fingerprint density at radius 1 is 0.818 bits per heavy atom. The predicted octanol–water partition coefficient (Wildman–Crippen LogP) is 4.57. The van der Waals surface area contributed by atoms with E-state index < -0.39 is 7.14 Å². The molecule has 0 saturated heterocycles. The summed E-state index contributed by atoms with van der Waals surface area (Å²) in [4.78, 5) is 0. The van der Waals surface area contributed by atoms with Crippen molar-refractivity contribution < 1.29 is 8.98 Å². The number of hydrogen-bond acceptors (Lipinski definition) is 2. The molecule has 0 spiro atoms. The van der Waals surface area contributed by atoms with Crippen LogP contribution in [0.1, 0.15) is 11.5 Å². The van der Waals surface area contributed by atoms with Gasteiger partial charge in [0.2, 0.25) is 0 Å². The minimum Gasteiger partial charge on any atom is -0.462 e. The molecule has 22 heavy (non-hydrogen) atoms. The lowest BCUT2D eigenvalue weighted by molar-refractivity contribution is 0.525. The van der Waals surface area contributed by atoms with Gasteiger partial charge in [0, 0.05) is 10.6 Å². The van der Waals surface area contributed by atoms with E-state index in [9.17, 15) is 4.57 Å². The fourth-order valence-corrected chi connectivity index (χ4v) is 4.57. The van der Waals surface area contributed by atoms with Crippen LogP contribution in [0.5, 0.6) is 0 Å². The van der Waals surface area contributed by atoms with Gasteiger partial charge in [0.1, 0.15) is 11.5 Å². The average Bonchev–Trinajstić information content (AvgIpc) is 3.00. The molecule has 3 aromatic rings. The third-order valence-corrected chi connectivity index (χ3v) is 6.19. The van der Waals surface area contributed by atoms with Gasteiger partial charge in [-0.25, -0.2) is 0 Å². The van der Waals surface area contributed by atoms with E-state index in [4.69, 9.17) is 4.42 Å². The summed E-state index contributed by atoms with van der Waals surface area (Å²) in [6.45, 7) is 1.89. The molecule has 0 aliphatic heterocycles.